The third-order valence-corrected chi connectivity index (χ3v) is 3.64. The van der Waals surface area contributed by atoms with E-state index in [0.29, 0.717) is 5.92 Å². The van der Waals surface area contributed by atoms with Gasteiger partial charge in [0.2, 0.25) is 0 Å². The zero-order chi connectivity index (χ0) is 13.7. The SMILES string of the molecule is CCOCC1CCCN(c2cc(CC)nc(C)n2)C1. The van der Waals surface area contributed by atoms with E-state index in [1.54, 1.807) is 0 Å². The van der Waals surface area contributed by atoms with Crippen LogP contribution in [-0.4, -0.2) is 36.3 Å². The summed E-state index contributed by atoms with van der Waals surface area (Å²) in [4.78, 5) is 11.4. The number of piperidine rings is 1. The maximum atomic E-state index is 5.57. The van der Waals surface area contributed by atoms with Crippen LogP contribution in [-0.2, 0) is 11.2 Å². The molecular weight excluding hydrogens is 238 g/mol. The minimum atomic E-state index is 0.633. The van der Waals surface area contributed by atoms with Gasteiger partial charge >= 0.3 is 0 Å². The molecule has 19 heavy (non-hydrogen) atoms. The molecule has 0 aromatic carbocycles. The van der Waals surface area contributed by atoms with Crippen molar-refractivity contribution in [2.75, 3.05) is 31.2 Å². The van der Waals surface area contributed by atoms with E-state index in [9.17, 15) is 0 Å². The fourth-order valence-corrected chi connectivity index (χ4v) is 2.65. The Labute approximate surface area is 116 Å². The molecule has 0 amide bonds. The second-order valence-electron chi connectivity index (χ2n) is 5.23. The minimum absolute atomic E-state index is 0.633. The van der Waals surface area contributed by atoms with Crippen molar-refractivity contribution in [1.82, 2.24) is 9.97 Å². The molecule has 2 rings (SSSR count). The molecular formula is C15H25N3O. The van der Waals surface area contributed by atoms with Crippen molar-refractivity contribution in [3.8, 4) is 0 Å². The summed E-state index contributed by atoms with van der Waals surface area (Å²) < 4.78 is 5.57. The van der Waals surface area contributed by atoms with Crippen LogP contribution >= 0.6 is 0 Å². The van der Waals surface area contributed by atoms with Gasteiger partial charge in [0.05, 0.1) is 6.61 Å². The van der Waals surface area contributed by atoms with Gasteiger partial charge in [-0.3, -0.25) is 0 Å². The van der Waals surface area contributed by atoms with Gasteiger partial charge in [-0.05, 0) is 39.0 Å². The molecule has 1 aliphatic rings. The molecule has 1 aromatic heterocycles. The summed E-state index contributed by atoms with van der Waals surface area (Å²) in [5.41, 5.74) is 1.13. The zero-order valence-electron chi connectivity index (χ0n) is 12.4. The molecule has 1 fully saturated rings. The summed E-state index contributed by atoms with van der Waals surface area (Å²) in [6.07, 6.45) is 3.45. The molecule has 0 N–H and O–H groups in total. The number of anilines is 1. The molecule has 0 aliphatic carbocycles. The van der Waals surface area contributed by atoms with Crippen LogP contribution in [0.1, 0.15) is 38.2 Å². The van der Waals surface area contributed by atoms with Crippen LogP contribution in [0.2, 0.25) is 0 Å². The molecule has 1 aliphatic heterocycles. The van der Waals surface area contributed by atoms with Crippen LogP contribution in [0.25, 0.3) is 0 Å². The number of hydrogen-bond donors (Lipinski definition) is 0. The Hall–Kier alpha value is -1.16. The van der Waals surface area contributed by atoms with Gasteiger partial charge in [0.1, 0.15) is 11.6 Å². The largest absolute Gasteiger partial charge is 0.381 e. The highest BCUT2D eigenvalue weighted by molar-refractivity contribution is 5.40. The van der Waals surface area contributed by atoms with Gasteiger partial charge in [-0.25, -0.2) is 9.97 Å². The van der Waals surface area contributed by atoms with Crippen molar-refractivity contribution in [1.29, 1.82) is 0 Å². The molecule has 1 unspecified atom stereocenters. The summed E-state index contributed by atoms with van der Waals surface area (Å²) in [5.74, 6) is 2.60. The highest BCUT2D eigenvalue weighted by atomic mass is 16.5. The molecule has 1 atom stereocenters. The van der Waals surface area contributed by atoms with Gasteiger partial charge in [0.15, 0.2) is 0 Å². The zero-order valence-corrected chi connectivity index (χ0v) is 12.4. The Bertz CT molecular complexity index is 408. The second-order valence-corrected chi connectivity index (χ2v) is 5.23. The first-order valence-corrected chi connectivity index (χ1v) is 7.40. The quantitative estimate of drug-likeness (QED) is 0.818. The standard InChI is InChI=1S/C15H25N3O/c1-4-14-9-15(17-12(3)16-14)18-8-6-7-13(10-18)11-19-5-2/h9,13H,4-8,10-11H2,1-3H3. The molecule has 4 nitrogen and oxygen atoms in total. The summed E-state index contributed by atoms with van der Waals surface area (Å²) in [6.45, 7) is 10.0. The van der Waals surface area contributed by atoms with E-state index in [4.69, 9.17) is 4.74 Å². The van der Waals surface area contributed by atoms with Crippen LogP contribution in [0.4, 0.5) is 5.82 Å². The Morgan fingerprint density at radius 2 is 2.21 bits per heavy atom. The normalized spacial score (nSPS) is 19.7. The monoisotopic (exact) mass is 263 g/mol. The topological polar surface area (TPSA) is 38.2 Å². The predicted octanol–water partition coefficient (Wildman–Crippen LogP) is 2.60. The van der Waals surface area contributed by atoms with Crippen molar-refractivity contribution in [2.24, 2.45) is 5.92 Å². The van der Waals surface area contributed by atoms with Crippen molar-refractivity contribution >= 4 is 5.82 Å². The summed E-state index contributed by atoms with van der Waals surface area (Å²) >= 11 is 0. The van der Waals surface area contributed by atoms with E-state index in [1.807, 2.05) is 6.92 Å². The molecule has 2 heterocycles. The number of aromatic nitrogens is 2. The van der Waals surface area contributed by atoms with E-state index in [0.717, 1.165) is 50.1 Å². The predicted molar refractivity (Wildman–Crippen MR) is 77.6 cm³/mol. The number of rotatable bonds is 5. The molecule has 106 valence electrons. The third kappa shape index (κ3) is 3.90. The Morgan fingerprint density at radius 3 is 2.95 bits per heavy atom. The maximum Gasteiger partial charge on any atom is 0.132 e. The van der Waals surface area contributed by atoms with Gasteiger partial charge in [-0.2, -0.15) is 0 Å². The molecule has 0 radical (unpaired) electrons. The van der Waals surface area contributed by atoms with Gasteiger partial charge in [0.25, 0.3) is 0 Å². The van der Waals surface area contributed by atoms with Gasteiger partial charge in [-0.1, -0.05) is 6.92 Å². The molecule has 1 saturated heterocycles. The summed E-state index contributed by atoms with van der Waals surface area (Å²) in [5, 5.41) is 0. The van der Waals surface area contributed by atoms with Crippen molar-refractivity contribution in [2.45, 2.75) is 40.0 Å². The highest BCUT2D eigenvalue weighted by Crippen LogP contribution is 2.22. The van der Waals surface area contributed by atoms with Crippen LogP contribution in [0.15, 0.2) is 6.07 Å². The van der Waals surface area contributed by atoms with E-state index in [1.165, 1.54) is 12.8 Å². The van der Waals surface area contributed by atoms with Crippen molar-refractivity contribution < 1.29 is 4.74 Å². The lowest BCUT2D eigenvalue weighted by Crippen LogP contribution is -2.38. The Kier molecular flexibility index (Phi) is 5.14. The molecule has 1 aromatic rings. The molecule has 0 saturated carbocycles. The minimum Gasteiger partial charge on any atom is -0.381 e. The highest BCUT2D eigenvalue weighted by Gasteiger charge is 2.21. The van der Waals surface area contributed by atoms with E-state index in [2.05, 4.69) is 34.8 Å². The fourth-order valence-electron chi connectivity index (χ4n) is 2.65. The lowest BCUT2D eigenvalue weighted by Gasteiger charge is -2.33. The average molecular weight is 263 g/mol. The molecule has 0 spiro atoms. The van der Waals surface area contributed by atoms with E-state index >= 15 is 0 Å². The smallest absolute Gasteiger partial charge is 0.132 e. The van der Waals surface area contributed by atoms with Crippen LogP contribution in [0, 0.1) is 12.8 Å². The maximum absolute atomic E-state index is 5.57. The lowest BCUT2D eigenvalue weighted by molar-refractivity contribution is 0.104. The summed E-state index contributed by atoms with van der Waals surface area (Å²) in [6, 6.07) is 2.13. The van der Waals surface area contributed by atoms with Gasteiger partial charge in [-0.15, -0.1) is 0 Å². The first kappa shape index (κ1) is 14.3. The van der Waals surface area contributed by atoms with Crippen LogP contribution < -0.4 is 4.90 Å². The van der Waals surface area contributed by atoms with Crippen molar-refractivity contribution in [3.63, 3.8) is 0 Å². The lowest BCUT2D eigenvalue weighted by atomic mass is 9.99. The van der Waals surface area contributed by atoms with Crippen LogP contribution in [0.5, 0.6) is 0 Å². The number of aryl methyl sites for hydroxylation is 2. The first-order valence-electron chi connectivity index (χ1n) is 7.40. The molecule has 4 heteroatoms. The molecule has 0 bridgehead atoms. The number of hydrogen-bond acceptors (Lipinski definition) is 4. The van der Waals surface area contributed by atoms with Gasteiger partial charge < -0.3 is 9.64 Å². The van der Waals surface area contributed by atoms with Crippen LogP contribution in [0.3, 0.4) is 0 Å². The second kappa shape index (κ2) is 6.85. The van der Waals surface area contributed by atoms with Crippen molar-refractivity contribution in [3.05, 3.63) is 17.6 Å². The third-order valence-electron chi connectivity index (χ3n) is 3.64. The summed E-state index contributed by atoms with van der Waals surface area (Å²) in [7, 11) is 0. The number of nitrogens with zero attached hydrogens (tertiary/aromatic N) is 3. The fraction of sp³-hybridized carbons (Fsp3) is 0.733. The van der Waals surface area contributed by atoms with E-state index < -0.39 is 0 Å². The average Bonchev–Trinajstić information content (AvgIpc) is 2.44. The van der Waals surface area contributed by atoms with E-state index in [-0.39, 0.29) is 0 Å². The Balaban J connectivity index is 2.06. The number of ether oxygens (including phenoxy) is 1. The first-order chi connectivity index (χ1) is 9.22. The Morgan fingerprint density at radius 1 is 1.37 bits per heavy atom. The van der Waals surface area contributed by atoms with Gasteiger partial charge in [0, 0.05) is 31.5 Å².